The van der Waals surface area contributed by atoms with E-state index in [9.17, 15) is 0 Å². The van der Waals surface area contributed by atoms with Crippen molar-refractivity contribution in [3.8, 4) is 22.6 Å². The quantitative estimate of drug-likeness (QED) is 0.193. The molecule has 10 rings (SSSR count). The summed E-state index contributed by atoms with van der Waals surface area (Å²) in [5.41, 5.74) is 14.3. The lowest BCUT2D eigenvalue weighted by atomic mass is 9.73. The van der Waals surface area contributed by atoms with E-state index in [2.05, 4.69) is 183 Å². The molecular formula is C46H36N2O. The topological polar surface area (TPSA) is 15.7 Å². The number of anilines is 6. The SMILES string of the molecule is CC1(C)c2ccccc2-c2ccc(N(c3cc4c5c(c3)C(C)(C)c3ccccc3N5c3ccccc3O4)c3cccc4ccccc34)cc21. The van der Waals surface area contributed by atoms with Gasteiger partial charge in [-0.05, 0) is 81.2 Å². The predicted octanol–water partition coefficient (Wildman–Crippen LogP) is 12.8. The molecule has 3 nitrogen and oxygen atoms in total. The van der Waals surface area contributed by atoms with Gasteiger partial charge in [0.25, 0.3) is 0 Å². The molecule has 0 saturated heterocycles. The first-order chi connectivity index (χ1) is 23.8. The molecule has 2 heterocycles. The van der Waals surface area contributed by atoms with Gasteiger partial charge >= 0.3 is 0 Å². The number of para-hydroxylation sites is 3. The van der Waals surface area contributed by atoms with Crippen LogP contribution in [-0.4, -0.2) is 0 Å². The van der Waals surface area contributed by atoms with E-state index < -0.39 is 0 Å². The van der Waals surface area contributed by atoms with Crippen molar-refractivity contribution < 1.29 is 4.74 Å². The van der Waals surface area contributed by atoms with Crippen molar-refractivity contribution in [3.05, 3.63) is 168 Å². The van der Waals surface area contributed by atoms with Crippen LogP contribution in [0.1, 0.15) is 49.9 Å². The van der Waals surface area contributed by atoms with E-state index in [-0.39, 0.29) is 10.8 Å². The van der Waals surface area contributed by atoms with Crippen LogP contribution in [0.5, 0.6) is 11.5 Å². The highest BCUT2D eigenvalue weighted by atomic mass is 16.5. The van der Waals surface area contributed by atoms with Gasteiger partial charge in [0.15, 0.2) is 11.5 Å². The van der Waals surface area contributed by atoms with Crippen molar-refractivity contribution in [1.82, 2.24) is 0 Å². The Morgan fingerprint density at radius 1 is 0.490 bits per heavy atom. The second-order valence-electron chi connectivity index (χ2n) is 14.6. The van der Waals surface area contributed by atoms with Crippen LogP contribution in [-0.2, 0) is 10.8 Å². The molecule has 3 heteroatoms. The van der Waals surface area contributed by atoms with Gasteiger partial charge in [0.1, 0.15) is 0 Å². The molecule has 49 heavy (non-hydrogen) atoms. The summed E-state index contributed by atoms with van der Waals surface area (Å²) < 4.78 is 6.86. The number of hydrogen-bond donors (Lipinski definition) is 0. The minimum absolute atomic E-state index is 0.118. The van der Waals surface area contributed by atoms with Gasteiger partial charge in [-0.15, -0.1) is 0 Å². The molecule has 0 N–H and O–H groups in total. The maximum Gasteiger partial charge on any atom is 0.153 e. The average molecular weight is 633 g/mol. The number of fused-ring (bicyclic) bond motifs is 8. The minimum Gasteiger partial charge on any atom is -0.453 e. The monoisotopic (exact) mass is 632 g/mol. The van der Waals surface area contributed by atoms with Crippen molar-refractivity contribution >= 4 is 44.9 Å². The fourth-order valence-electron chi connectivity index (χ4n) is 8.73. The molecule has 0 saturated carbocycles. The molecule has 0 unspecified atom stereocenters. The Bertz CT molecular complexity index is 2500. The molecule has 1 aliphatic carbocycles. The summed E-state index contributed by atoms with van der Waals surface area (Å²) in [5, 5.41) is 2.42. The van der Waals surface area contributed by atoms with Crippen LogP contribution < -0.4 is 14.5 Å². The Kier molecular flexibility index (Phi) is 5.69. The van der Waals surface area contributed by atoms with Gasteiger partial charge in [0, 0.05) is 28.0 Å². The Labute approximate surface area is 287 Å². The largest absolute Gasteiger partial charge is 0.453 e. The van der Waals surface area contributed by atoms with Gasteiger partial charge in [0.05, 0.1) is 28.4 Å². The average Bonchev–Trinajstić information content (AvgIpc) is 3.36. The molecule has 0 amide bonds. The molecule has 236 valence electrons. The van der Waals surface area contributed by atoms with Crippen LogP contribution >= 0.6 is 0 Å². The van der Waals surface area contributed by atoms with Crippen molar-refractivity contribution in [2.45, 2.75) is 38.5 Å². The van der Waals surface area contributed by atoms with Crippen LogP contribution in [0.3, 0.4) is 0 Å². The van der Waals surface area contributed by atoms with Crippen LogP contribution in [0.15, 0.2) is 146 Å². The zero-order chi connectivity index (χ0) is 33.1. The number of ether oxygens (including phenoxy) is 1. The van der Waals surface area contributed by atoms with E-state index >= 15 is 0 Å². The van der Waals surface area contributed by atoms with Gasteiger partial charge in [-0.1, -0.05) is 125 Å². The second-order valence-corrected chi connectivity index (χ2v) is 14.6. The first-order valence-corrected chi connectivity index (χ1v) is 17.2. The summed E-state index contributed by atoms with van der Waals surface area (Å²) in [6.07, 6.45) is 0. The molecule has 2 aliphatic heterocycles. The van der Waals surface area contributed by atoms with Gasteiger partial charge in [-0.25, -0.2) is 0 Å². The number of nitrogens with zero attached hydrogens (tertiary/aromatic N) is 2. The van der Waals surface area contributed by atoms with E-state index in [0.29, 0.717) is 0 Å². The smallest absolute Gasteiger partial charge is 0.153 e. The van der Waals surface area contributed by atoms with Crippen molar-refractivity contribution in [2.24, 2.45) is 0 Å². The Morgan fingerprint density at radius 3 is 2.02 bits per heavy atom. The predicted molar refractivity (Wildman–Crippen MR) is 203 cm³/mol. The van der Waals surface area contributed by atoms with Crippen molar-refractivity contribution in [2.75, 3.05) is 9.80 Å². The normalized spacial score (nSPS) is 15.4. The number of rotatable bonds is 3. The van der Waals surface area contributed by atoms with E-state index in [1.54, 1.807) is 0 Å². The fraction of sp³-hybridized carbons (Fsp3) is 0.130. The zero-order valence-corrected chi connectivity index (χ0v) is 28.2. The Morgan fingerprint density at radius 2 is 1.14 bits per heavy atom. The first-order valence-electron chi connectivity index (χ1n) is 17.2. The molecule has 0 aromatic heterocycles. The first kappa shape index (κ1) is 28.2. The Hall–Kier alpha value is -5.80. The third kappa shape index (κ3) is 3.84. The van der Waals surface area contributed by atoms with Crippen molar-refractivity contribution in [3.63, 3.8) is 0 Å². The highest BCUT2D eigenvalue weighted by molar-refractivity contribution is 6.01. The molecule has 3 aliphatic rings. The van der Waals surface area contributed by atoms with Gasteiger partial charge in [0.2, 0.25) is 0 Å². The van der Waals surface area contributed by atoms with Gasteiger partial charge < -0.3 is 14.5 Å². The number of hydrogen-bond acceptors (Lipinski definition) is 3. The van der Waals surface area contributed by atoms with E-state index in [0.717, 1.165) is 39.9 Å². The molecular weight excluding hydrogens is 597 g/mol. The maximum atomic E-state index is 6.86. The fourth-order valence-corrected chi connectivity index (χ4v) is 8.73. The van der Waals surface area contributed by atoms with E-state index in [4.69, 9.17) is 4.74 Å². The summed E-state index contributed by atoms with van der Waals surface area (Å²) in [4.78, 5) is 4.86. The molecule has 0 atom stereocenters. The summed E-state index contributed by atoms with van der Waals surface area (Å²) in [6, 6.07) is 53.1. The summed E-state index contributed by atoms with van der Waals surface area (Å²) in [7, 11) is 0. The van der Waals surface area contributed by atoms with E-state index in [1.165, 1.54) is 49.8 Å². The minimum atomic E-state index is -0.269. The Balaban J connectivity index is 1.26. The molecule has 0 spiro atoms. The van der Waals surface area contributed by atoms with Crippen LogP contribution in [0.25, 0.3) is 21.9 Å². The van der Waals surface area contributed by atoms with Gasteiger partial charge in [-0.3, -0.25) is 0 Å². The maximum absolute atomic E-state index is 6.86. The highest BCUT2D eigenvalue weighted by Crippen LogP contribution is 2.61. The van der Waals surface area contributed by atoms with Crippen LogP contribution in [0, 0.1) is 0 Å². The van der Waals surface area contributed by atoms with Gasteiger partial charge in [-0.2, -0.15) is 0 Å². The second kappa shape index (κ2) is 9.87. The third-order valence-corrected chi connectivity index (χ3v) is 11.2. The molecule has 0 radical (unpaired) electrons. The van der Waals surface area contributed by atoms with Crippen molar-refractivity contribution in [1.29, 1.82) is 0 Å². The standard InChI is InChI=1S/C46H36N2O/c1-45(2)35-18-8-7-17-33(35)34-25-24-30(26-37(34)45)47(39-22-13-15-29-14-5-6-16-32(29)39)31-27-38-44-43(28-31)49-42-23-12-11-21-41(42)48(44)40-20-10-9-19-36(40)46(38,3)4/h5-28H,1-4H3. The van der Waals surface area contributed by atoms with Crippen LogP contribution in [0.2, 0.25) is 0 Å². The lowest BCUT2D eigenvalue weighted by Crippen LogP contribution is -2.32. The van der Waals surface area contributed by atoms with Crippen LogP contribution in [0.4, 0.5) is 34.1 Å². The summed E-state index contributed by atoms with van der Waals surface area (Å²) >= 11 is 0. The lowest BCUT2D eigenvalue weighted by Gasteiger charge is -2.45. The number of benzene rings is 7. The molecule has 7 aromatic carbocycles. The zero-order valence-electron chi connectivity index (χ0n) is 28.2. The molecule has 7 aromatic rings. The molecule has 0 bridgehead atoms. The highest BCUT2D eigenvalue weighted by Gasteiger charge is 2.42. The molecule has 0 fully saturated rings. The summed E-state index contributed by atoms with van der Waals surface area (Å²) in [5.74, 6) is 1.73. The summed E-state index contributed by atoms with van der Waals surface area (Å²) in [6.45, 7) is 9.40. The third-order valence-electron chi connectivity index (χ3n) is 11.2. The van der Waals surface area contributed by atoms with E-state index in [1.807, 2.05) is 0 Å². The lowest BCUT2D eigenvalue weighted by molar-refractivity contribution is 0.471.